The van der Waals surface area contributed by atoms with Crippen LogP contribution in [0.25, 0.3) is 0 Å². The maximum Gasteiger partial charge on any atom is 0.415 e. The lowest BCUT2D eigenvalue weighted by Crippen LogP contribution is -2.61. The van der Waals surface area contributed by atoms with E-state index in [1.807, 2.05) is 5.32 Å². The van der Waals surface area contributed by atoms with Gasteiger partial charge in [-0.1, -0.05) is 0 Å². The van der Waals surface area contributed by atoms with Gasteiger partial charge in [0.2, 0.25) is 5.91 Å². The number of alkyl halides is 3. The number of nitrogens with one attached hydrogen (secondary N) is 1. The fourth-order valence-electron chi connectivity index (χ4n) is 1.17. The first-order valence-corrected chi connectivity index (χ1v) is 5.13. The minimum Gasteiger partial charge on any atom is -0.350 e. The Morgan fingerprint density at radius 3 is 2.42 bits per heavy atom. The third-order valence-corrected chi connectivity index (χ3v) is 2.51. The third-order valence-electron chi connectivity index (χ3n) is 2.51. The van der Waals surface area contributed by atoms with Gasteiger partial charge < -0.3 is 11.1 Å². The van der Waals surface area contributed by atoms with Gasteiger partial charge in [0.05, 0.1) is 0 Å². The summed E-state index contributed by atoms with van der Waals surface area (Å²) in [5, 5.41) is 1.82. The Hall–Kier alpha value is -1.70. The predicted molar refractivity (Wildman–Crippen MR) is 56.9 cm³/mol. The molecule has 1 aromatic rings. The lowest BCUT2D eigenvalue weighted by Gasteiger charge is -2.26. The molecule has 1 atom stereocenters. The summed E-state index contributed by atoms with van der Waals surface area (Å²) in [4.78, 5) is 11.3. The quantitative estimate of drug-likeness (QED) is 0.831. The Kier molecular flexibility index (Phi) is 4.14. The lowest BCUT2D eigenvalue weighted by molar-refractivity contribution is -0.187. The zero-order valence-corrected chi connectivity index (χ0v) is 9.81. The minimum absolute atomic E-state index is 0.272. The standard InChI is InChI=1S/C11H11F5N2O/c1-10(17,11(14,15)16)9(19)18-5-6-4-7(12)2-3-8(6)13/h2-4H,5,17H2,1H3,(H,18,19). The highest BCUT2D eigenvalue weighted by molar-refractivity contribution is 5.86. The average molecular weight is 282 g/mol. The third kappa shape index (κ3) is 3.40. The second kappa shape index (κ2) is 5.12. The smallest absolute Gasteiger partial charge is 0.350 e. The van der Waals surface area contributed by atoms with Crippen molar-refractivity contribution in [2.75, 3.05) is 0 Å². The molecule has 0 bridgehead atoms. The predicted octanol–water partition coefficient (Wildman–Crippen LogP) is 1.86. The van der Waals surface area contributed by atoms with Gasteiger partial charge in [0, 0.05) is 12.1 Å². The molecule has 0 radical (unpaired) electrons. The summed E-state index contributed by atoms with van der Waals surface area (Å²) in [6.07, 6.45) is -4.95. The van der Waals surface area contributed by atoms with Crippen molar-refractivity contribution >= 4 is 5.91 Å². The van der Waals surface area contributed by atoms with Gasteiger partial charge >= 0.3 is 6.18 Å². The molecule has 1 aromatic carbocycles. The normalized spacial score (nSPS) is 14.9. The van der Waals surface area contributed by atoms with E-state index in [9.17, 15) is 26.7 Å². The number of carbonyl (C=O) groups is 1. The molecule has 0 spiro atoms. The maximum atomic E-state index is 13.2. The van der Waals surface area contributed by atoms with Gasteiger partial charge in [-0.3, -0.25) is 4.79 Å². The fourth-order valence-corrected chi connectivity index (χ4v) is 1.17. The van der Waals surface area contributed by atoms with Gasteiger partial charge in [0.15, 0.2) is 5.54 Å². The van der Waals surface area contributed by atoms with E-state index in [1.54, 1.807) is 0 Å². The van der Waals surface area contributed by atoms with E-state index in [4.69, 9.17) is 5.73 Å². The van der Waals surface area contributed by atoms with Gasteiger partial charge in [-0.25, -0.2) is 8.78 Å². The Bertz CT molecular complexity index is 484. The molecule has 1 rings (SSSR count). The summed E-state index contributed by atoms with van der Waals surface area (Å²) < 4.78 is 63.3. The number of rotatable bonds is 3. The van der Waals surface area contributed by atoms with Crippen LogP contribution in [-0.4, -0.2) is 17.6 Å². The molecule has 0 heterocycles. The van der Waals surface area contributed by atoms with Gasteiger partial charge in [0.25, 0.3) is 0 Å². The van der Waals surface area contributed by atoms with Crippen molar-refractivity contribution in [3.8, 4) is 0 Å². The summed E-state index contributed by atoms with van der Waals surface area (Å²) in [6, 6.07) is 2.43. The molecule has 3 N–H and O–H groups in total. The molecule has 1 amide bonds. The number of hydrogen-bond acceptors (Lipinski definition) is 2. The second-order valence-electron chi connectivity index (χ2n) is 4.12. The Balaban J connectivity index is 2.77. The Labute approximate surface area is 105 Å². The van der Waals surface area contributed by atoms with Crippen LogP contribution in [0.3, 0.4) is 0 Å². The largest absolute Gasteiger partial charge is 0.415 e. The van der Waals surface area contributed by atoms with Gasteiger partial charge in [-0.15, -0.1) is 0 Å². The molecule has 106 valence electrons. The number of carbonyl (C=O) groups excluding carboxylic acids is 1. The fraction of sp³-hybridized carbons (Fsp3) is 0.364. The van der Waals surface area contributed by atoms with Crippen molar-refractivity contribution in [2.45, 2.75) is 25.2 Å². The molecule has 0 saturated carbocycles. The highest BCUT2D eigenvalue weighted by Crippen LogP contribution is 2.28. The molecule has 0 aromatic heterocycles. The number of benzene rings is 1. The first-order valence-electron chi connectivity index (χ1n) is 5.13. The number of halogens is 5. The van der Waals surface area contributed by atoms with Crippen LogP contribution in [0, 0.1) is 11.6 Å². The van der Waals surface area contributed by atoms with E-state index in [2.05, 4.69) is 0 Å². The van der Waals surface area contributed by atoms with Crippen LogP contribution >= 0.6 is 0 Å². The van der Waals surface area contributed by atoms with E-state index >= 15 is 0 Å². The topological polar surface area (TPSA) is 55.1 Å². The van der Waals surface area contributed by atoms with Crippen LogP contribution in [-0.2, 0) is 11.3 Å². The number of nitrogens with two attached hydrogens (primary N) is 1. The van der Waals surface area contributed by atoms with Crippen LogP contribution in [0.15, 0.2) is 18.2 Å². The maximum absolute atomic E-state index is 13.2. The van der Waals surface area contributed by atoms with Crippen molar-refractivity contribution in [3.05, 3.63) is 35.4 Å². The zero-order valence-electron chi connectivity index (χ0n) is 9.81. The van der Waals surface area contributed by atoms with Crippen LogP contribution in [0.2, 0.25) is 0 Å². The van der Waals surface area contributed by atoms with Crippen molar-refractivity contribution < 1.29 is 26.7 Å². The van der Waals surface area contributed by atoms with Crippen molar-refractivity contribution in [1.82, 2.24) is 5.32 Å². The molecule has 0 saturated heterocycles. The van der Waals surface area contributed by atoms with E-state index in [-0.39, 0.29) is 5.56 Å². The van der Waals surface area contributed by atoms with Crippen LogP contribution in [0.1, 0.15) is 12.5 Å². The highest BCUT2D eigenvalue weighted by atomic mass is 19.4. The average Bonchev–Trinajstić information content (AvgIpc) is 2.28. The van der Waals surface area contributed by atoms with E-state index in [0.29, 0.717) is 6.92 Å². The summed E-state index contributed by atoms with van der Waals surface area (Å²) >= 11 is 0. The Morgan fingerprint density at radius 2 is 1.89 bits per heavy atom. The Morgan fingerprint density at radius 1 is 1.32 bits per heavy atom. The number of hydrogen-bond donors (Lipinski definition) is 2. The first kappa shape index (κ1) is 15.4. The second-order valence-corrected chi connectivity index (χ2v) is 4.12. The summed E-state index contributed by atoms with van der Waals surface area (Å²) in [6.45, 7) is -0.102. The van der Waals surface area contributed by atoms with Crippen molar-refractivity contribution in [3.63, 3.8) is 0 Å². The molecule has 0 aliphatic heterocycles. The summed E-state index contributed by atoms with van der Waals surface area (Å²) in [5.74, 6) is -3.13. The molecule has 1 unspecified atom stereocenters. The zero-order chi connectivity index (χ0) is 14.8. The SMILES string of the molecule is CC(N)(C(=O)NCc1cc(F)ccc1F)C(F)(F)F. The molecular weight excluding hydrogens is 271 g/mol. The minimum atomic E-state index is -4.95. The summed E-state index contributed by atoms with van der Waals surface area (Å²) in [5.41, 5.74) is 1.49. The van der Waals surface area contributed by atoms with Crippen LogP contribution in [0.4, 0.5) is 22.0 Å². The first-order chi connectivity index (χ1) is 8.55. The highest BCUT2D eigenvalue weighted by Gasteiger charge is 2.53. The molecular formula is C11H11F5N2O. The van der Waals surface area contributed by atoms with E-state index in [0.717, 1.165) is 18.2 Å². The molecule has 0 aliphatic carbocycles. The molecule has 8 heteroatoms. The van der Waals surface area contributed by atoms with Gasteiger partial charge in [-0.05, 0) is 25.1 Å². The monoisotopic (exact) mass is 282 g/mol. The lowest BCUT2D eigenvalue weighted by atomic mass is 10.0. The summed E-state index contributed by atoms with van der Waals surface area (Å²) in [7, 11) is 0. The van der Waals surface area contributed by atoms with Crippen molar-refractivity contribution in [1.29, 1.82) is 0 Å². The van der Waals surface area contributed by atoms with Gasteiger partial charge in [-0.2, -0.15) is 13.2 Å². The molecule has 0 aliphatic rings. The molecule has 19 heavy (non-hydrogen) atoms. The van der Waals surface area contributed by atoms with E-state index in [1.165, 1.54) is 0 Å². The molecule has 0 fully saturated rings. The van der Waals surface area contributed by atoms with Gasteiger partial charge in [0.1, 0.15) is 11.6 Å². The van der Waals surface area contributed by atoms with E-state index < -0.39 is 35.8 Å². The van der Waals surface area contributed by atoms with Crippen LogP contribution in [0.5, 0.6) is 0 Å². The van der Waals surface area contributed by atoms with Crippen LogP contribution < -0.4 is 11.1 Å². The number of amides is 1. The molecule has 3 nitrogen and oxygen atoms in total. The van der Waals surface area contributed by atoms with Crippen molar-refractivity contribution in [2.24, 2.45) is 5.73 Å².